The third-order valence-electron chi connectivity index (χ3n) is 3.03. The molecule has 0 spiro atoms. The number of ether oxygens (including phenoxy) is 1. The van der Waals surface area contributed by atoms with Crippen molar-refractivity contribution in [3.05, 3.63) is 54.1 Å². The average molecular weight is 323 g/mol. The molecule has 0 aromatic heterocycles. The Kier molecular flexibility index (Phi) is 4.68. The third-order valence-corrected chi connectivity index (χ3v) is 3.03. The van der Waals surface area contributed by atoms with E-state index in [2.05, 4.69) is 4.74 Å². The van der Waals surface area contributed by atoms with Crippen LogP contribution in [0.2, 0.25) is 0 Å². The number of benzene rings is 2. The van der Waals surface area contributed by atoms with Crippen molar-refractivity contribution in [2.24, 2.45) is 0 Å². The van der Waals surface area contributed by atoms with Gasteiger partial charge in [0.15, 0.2) is 0 Å². The van der Waals surface area contributed by atoms with Gasteiger partial charge in [-0.1, -0.05) is 30.3 Å². The first-order valence-corrected chi connectivity index (χ1v) is 6.49. The molecular weight excluding hydrogens is 311 g/mol. The topological polar surface area (TPSA) is 55.4 Å². The van der Waals surface area contributed by atoms with Gasteiger partial charge in [-0.25, -0.2) is 4.79 Å². The number of carbonyl (C=O) groups excluding carboxylic acids is 2. The van der Waals surface area contributed by atoms with Gasteiger partial charge in [0.25, 0.3) is 0 Å². The van der Waals surface area contributed by atoms with Crippen LogP contribution in [0.15, 0.2) is 48.5 Å². The van der Waals surface area contributed by atoms with Crippen molar-refractivity contribution in [2.45, 2.75) is 6.18 Å². The average Bonchev–Trinajstić information content (AvgIpc) is 2.54. The summed E-state index contributed by atoms with van der Waals surface area (Å²) in [5, 5.41) is 1.83. The number of amides is 1. The van der Waals surface area contributed by atoms with Crippen molar-refractivity contribution in [3.8, 4) is 11.1 Å². The standard InChI is InChI=1S/C16H12F3NO3/c1-23-14(21)11-6-4-5-10(9-11)12-7-2-3-8-13(12)20-15(22)16(17,18)19/h2-9H,1H3,(H,20,22). The maximum atomic E-state index is 12.4. The minimum Gasteiger partial charge on any atom is -0.465 e. The summed E-state index contributed by atoms with van der Waals surface area (Å²) in [4.78, 5) is 22.7. The number of para-hydroxylation sites is 1. The van der Waals surface area contributed by atoms with Crippen LogP contribution >= 0.6 is 0 Å². The van der Waals surface area contributed by atoms with Gasteiger partial charge >= 0.3 is 18.1 Å². The Morgan fingerprint density at radius 3 is 2.39 bits per heavy atom. The monoisotopic (exact) mass is 323 g/mol. The van der Waals surface area contributed by atoms with Crippen LogP contribution < -0.4 is 5.32 Å². The molecule has 2 aromatic carbocycles. The van der Waals surface area contributed by atoms with Crippen LogP contribution in [0.1, 0.15) is 10.4 Å². The summed E-state index contributed by atoms with van der Waals surface area (Å²) in [5.41, 5.74) is 1.08. The Labute approximate surface area is 129 Å². The largest absolute Gasteiger partial charge is 0.471 e. The predicted octanol–water partition coefficient (Wildman–Crippen LogP) is 3.64. The normalized spacial score (nSPS) is 11.0. The molecule has 1 amide bonds. The molecule has 0 fully saturated rings. The molecular formula is C16H12F3NO3. The molecule has 2 aromatic rings. The summed E-state index contributed by atoms with van der Waals surface area (Å²) >= 11 is 0. The van der Waals surface area contributed by atoms with E-state index in [1.54, 1.807) is 24.3 Å². The van der Waals surface area contributed by atoms with Crippen LogP contribution in [0.5, 0.6) is 0 Å². The number of anilines is 1. The van der Waals surface area contributed by atoms with Crippen LogP contribution in [0.4, 0.5) is 18.9 Å². The number of hydrogen-bond donors (Lipinski definition) is 1. The van der Waals surface area contributed by atoms with Crippen LogP contribution in [0, 0.1) is 0 Å². The zero-order chi connectivity index (χ0) is 17.0. The third kappa shape index (κ3) is 3.88. The number of hydrogen-bond acceptors (Lipinski definition) is 3. The molecule has 0 aliphatic carbocycles. The van der Waals surface area contributed by atoms with Crippen LogP contribution in [-0.4, -0.2) is 25.2 Å². The van der Waals surface area contributed by atoms with Crippen LogP contribution in [0.3, 0.4) is 0 Å². The van der Waals surface area contributed by atoms with Gasteiger partial charge in [0.05, 0.1) is 12.7 Å². The molecule has 0 saturated heterocycles. The zero-order valence-corrected chi connectivity index (χ0v) is 12.0. The molecule has 0 saturated carbocycles. The summed E-state index contributed by atoms with van der Waals surface area (Å²) in [7, 11) is 1.23. The van der Waals surface area contributed by atoms with Crippen LogP contribution in [0.25, 0.3) is 11.1 Å². The number of halogens is 3. The van der Waals surface area contributed by atoms with Gasteiger partial charge in [-0.05, 0) is 23.8 Å². The van der Waals surface area contributed by atoms with Gasteiger partial charge in [0.2, 0.25) is 0 Å². The summed E-state index contributed by atoms with van der Waals surface area (Å²) < 4.78 is 41.8. The quantitative estimate of drug-likeness (QED) is 0.878. The highest BCUT2D eigenvalue weighted by Crippen LogP contribution is 2.30. The fraction of sp³-hybridized carbons (Fsp3) is 0.125. The highest BCUT2D eigenvalue weighted by Gasteiger charge is 2.38. The Hall–Kier alpha value is -2.83. The summed E-state index contributed by atoms with van der Waals surface area (Å²) in [6.45, 7) is 0. The van der Waals surface area contributed by atoms with Crippen molar-refractivity contribution < 1.29 is 27.5 Å². The first kappa shape index (κ1) is 16.5. The predicted molar refractivity (Wildman–Crippen MR) is 77.9 cm³/mol. The zero-order valence-electron chi connectivity index (χ0n) is 12.0. The molecule has 1 N–H and O–H groups in total. The Morgan fingerprint density at radius 2 is 1.74 bits per heavy atom. The Balaban J connectivity index is 2.41. The van der Waals surface area contributed by atoms with Gasteiger partial charge < -0.3 is 10.1 Å². The molecule has 0 bridgehead atoms. The van der Waals surface area contributed by atoms with E-state index in [1.165, 1.54) is 31.4 Å². The number of esters is 1. The van der Waals surface area contributed by atoms with Crippen molar-refractivity contribution in [2.75, 3.05) is 12.4 Å². The van der Waals surface area contributed by atoms with E-state index < -0.39 is 18.1 Å². The Morgan fingerprint density at radius 1 is 1.04 bits per heavy atom. The Bertz CT molecular complexity index is 741. The van der Waals surface area contributed by atoms with Gasteiger partial charge in [-0.2, -0.15) is 13.2 Å². The highest BCUT2D eigenvalue weighted by molar-refractivity contribution is 5.99. The molecule has 0 heterocycles. The fourth-order valence-corrected chi connectivity index (χ4v) is 1.97. The van der Waals surface area contributed by atoms with Crippen molar-refractivity contribution in [1.82, 2.24) is 0 Å². The molecule has 0 radical (unpaired) electrons. The molecule has 0 aliphatic rings. The first-order valence-electron chi connectivity index (χ1n) is 6.49. The smallest absolute Gasteiger partial charge is 0.465 e. The lowest BCUT2D eigenvalue weighted by molar-refractivity contribution is -0.167. The number of methoxy groups -OCH3 is 1. The lowest BCUT2D eigenvalue weighted by Crippen LogP contribution is -2.30. The molecule has 0 aliphatic heterocycles. The second-order valence-electron chi connectivity index (χ2n) is 4.57. The molecule has 120 valence electrons. The van der Waals surface area contributed by atoms with E-state index in [0.29, 0.717) is 11.1 Å². The minimum atomic E-state index is -4.99. The number of rotatable bonds is 3. The summed E-state index contributed by atoms with van der Waals surface area (Å²) in [5.74, 6) is -2.63. The SMILES string of the molecule is COC(=O)c1cccc(-c2ccccc2NC(=O)C(F)(F)F)c1. The molecule has 4 nitrogen and oxygen atoms in total. The highest BCUT2D eigenvalue weighted by atomic mass is 19.4. The van der Waals surface area contributed by atoms with Gasteiger partial charge in [-0.15, -0.1) is 0 Å². The van der Waals surface area contributed by atoms with Crippen molar-refractivity contribution >= 4 is 17.6 Å². The second-order valence-corrected chi connectivity index (χ2v) is 4.57. The molecule has 0 atom stereocenters. The molecule has 2 rings (SSSR count). The van der Waals surface area contributed by atoms with Gasteiger partial charge in [-0.3, -0.25) is 4.79 Å². The molecule has 23 heavy (non-hydrogen) atoms. The number of alkyl halides is 3. The van der Waals surface area contributed by atoms with E-state index >= 15 is 0 Å². The van der Waals surface area contributed by atoms with E-state index in [9.17, 15) is 22.8 Å². The number of nitrogens with one attached hydrogen (secondary N) is 1. The maximum Gasteiger partial charge on any atom is 0.471 e. The van der Waals surface area contributed by atoms with Gasteiger partial charge in [0, 0.05) is 11.3 Å². The van der Waals surface area contributed by atoms with E-state index in [1.807, 2.05) is 5.32 Å². The van der Waals surface area contributed by atoms with Crippen molar-refractivity contribution in [1.29, 1.82) is 0 Å². The fourth-order valence-electron chi connectivity index (χ4n) is 1.97. The van der Waals surface area contributed by atoms with Crippen molar-refractivity contribution in [3.63, 3.8) is 0 Å². The minimum absolute atomic E-state index is 0.00293. The van der Waals surface area contributed by atoms with E-state index in [0.717, 1.165) is 0 Å². The number of carbonyl (C=O) groups is 2. The van der Waals surface area contributed by atoms with E-state index in [4.69, 9.17) is 0 Å². The maximum absolute atomic E-state index is 12.4. The van der Waals surface area contributed by atoms with Crippen LogP contribution in [-0.2, 0) is 9.53 Å². The van der Waals surface area contributed by atoms with E-state index in [-0.39, 0.29) is 11.3 Å². The molecule has 7 heteroatoms. The second kappa shape index (κ2) is 6.51. The first-order chi connectivity index (χ1) is 10.8. The lowest BCUT2D eigenvalue weighted by Gasteiger charge is -2.13. The summed E-state index contributed by atoms with van der Waals surface area (Å²) in [6.07, 6.45) is -4.99. The lowest BCUT2D eigenvalue weighted by atomic mass is 10.0. The summed E-state index contributed by atoms with van der Waals surface area (Å²) in [6, 6.07) is 12.2. The van der Waals surface area contributed by atoms with Gasteiger partial charge in [0.1, 0.15) is 0 Å². The molecule has 0 unspecified atom stereocenters.